The van der Waals surface area contributed by atoms with Crippen LogP contribution in [-0.4, -0.2) is 23.7 Å². The van der Waals surface area contributed by atoms with Crippen LogP contribution in [0.3, 0.4) is 0 Å². The van der Waals surface area contributed by atoms with E-state index < -0.39 is 0 Å². The Bertz CT molecular complexity index is 526. The summed E-state index contributed by atoms with van der Waals surface area (Å²) in [4.78, 5) is 8.21. The van der Waals surface area contributed by atoms with Gasteiger partial charge in [0.15, 0.2) is 11.5 Å². The van der Waals surface area contributed by atoms with Gasteiger partial charge in [-0.25, -0.2) is 9.97 Å². The van der Waals surface area contributed by atoms with Crippen molar-refractivity contribution in [3.05, 3.63) is 24.7 Å². The minimum absolute atomic E-state index is 0.624. The summed E-state index contributed by atoms with van der Waals surface area (Å²) in [7, 11) is 1.64. The first-order valence-corrected chi connectivity index (χ1v) is 6.11. The fraction of sp³-hybridized carbons (Fsp3) is 0.429. The molecule has 18 heavy (non-hydrogen) atoms. The van der Waals surface area contributed by atoms with Crippen LogP contribution in [0, 0.1) is 5.92 Å². The van der Waals surface area contributed by atoms with Gasteiger partial charge >= 0.3 is 0 Å². The van der Waals surface area contributed by atoms with E-state index in [0.29, 0.717) is 12.5 Å². The van der Waals surface area contributed by atoms with Gasteiger partial charge in [-0.1, -0.05) is 13.8 Å². The molecule has 0 saturated carbocycles. The lowest BCUT2D eigenvalue weighted by atomic mass is 10.1. The van der Waals surface area contributed by atoms with Gasteiger partial charge in [0.05, 0.1) is 19.2 Å². The van der Waals surface area contributed by atoms with E-state index in [0.717, 1.165) is 28.8 Å². The Balaban J connectivity index is 2.24. The number of aromatic nitrogens is 2. The fourth-order valence-corrected chi connectivity index (χ4v) is 1.67. The standard InChI is InChI=1S/C14H18N2O2/c1-10(2)4-5-18-14-7-12-11(6-13(14)17-3)8-15-9-16-12/h6-10H,4-5H2,1-3H3. The number of methoxy groups -OCH3 is 1. The highest BCUT2D eigenvalue weighted by Gasteiger charge is 2.08. The molecule has 1 aromatic heterocycles. The maximum absolute atomic E-state index is 5.76. The number of ether oxygens (including phenoxy) is 2. The van der Waals surface area contributed by atoms with Gasteiger partial charge in [0.2, 0.25) is 0 Å². The lowest BCUT2D eigenvalue weighted by molar-refractivity contribution is 0.273. The van der Waals surface area contributed by atoms with Crippen molar-refractivity contribution in [2.24, 2.45) is 5.92 Å². The molecule has 0 N–H and O–H groups in total. The summed E-state index contributed by atoms with van der Waals surface area (Å²) in [6.07, 6.45) is 4.32. The second-order valence-corrected chi connectivity index (χ2v) is 4.62. The van der Waals surface area contributed by atoms with E-state index in [9.17, 15) is 0 Å². The van der Waals surface area contributed by atoms with Crippen LogP contribution in [-0.2, 0) is 0 Å². The molecule has 0 saturated heterocycles. The molecule has 4 heteroatoms. The summed E-state index contributed by atoms with van der Waals surface area (Å²) < 4.78 is 11.1. The second-order valence-electron chi connectivity index (χ2n) is 4.62. The van der Waals surface area contributed by atoms with Crippen LogP contribution in [0.25, 0.3) is 10.9 Å². The summed E-state index contributed by atoms with van der Waals surface area (Å²) >= 11 is 0. The lowest BCUT2D eigenvalue weighted by Gasteiger charge is -2.12. The molecule has 2 aromatic rings. The molecule has 1 aromatic carbocycles. The molecule has 0 amide bonds. The van der Waals surface area contributed by atoms with E-state index in [1.807, 2.05) is 12.1 Å². The molecule has 2 rings (SSSR count). The zero-order chi connectivity index (χ0) is 13.0. The van der Waals surface area contributed by atoms with E-state index in [2.05, 4.69) is 23.8 Å². The first-order chi connectivity index (χ1) is 8.70. The number of nitrogens with zero attached hydrogens (tertiary/aromatic N) is 2. The number of hydrogen-bond donors (Lipinski definition) is 0. The van der Waals surface area contributed by atoms with E-state index in [-0.39, 0.29) is 0 Å². The van der Waals surface area contributed by atoms with Crippen molar-refractivity contribution >= 4 is 10.9 Å². The van der Waals surface area contributed by atoms with Crippen LogP contribution < -0.4 is 9.47 Å². The van der Waals surface area contributed by atoms with Crippen molar-refractivity contribution in [2.45, 2.75) is 20.3 Å². The Labute approximate surface area is 107 Å². The lowest BCUT2D eigenvalue weighted by Crippen LogP contribution is -2.02. The minimum atomic E-state index is 0.624. The third-order valence-electron chi connectivity index (χ3n) is 2.74. The molecule has 0 aliphatic rings. The average Bonchev–Trinajstić information content (AvgIpc) is 2.37. The van der Waals surface area contributed by atoms with Crippen LogP contribution in [0.1, 0.15) is 20.3 Å². The highest BCUT2D eigenvalue weighted by Crippen LogP contribution is 2.31. The smallest absolute Gasteiger partial charge is 0.163 e. The van der Waals surface area contributed by atoms with E-state index in [4.69, 9.17) is 9.47 Å². The van der Waals surface area contributed by atoms with Gasteiger partial charge < -0.3 is 9.47 Å². The van der Waals surface area contributed by atoms with Gasteiger partial charge in [-0.2, -0.15) is 0 Å². The predicted molar refractivity (Wildman–Crippen MR) is 71.0 cm³/mol. The molecule has 0 radical (unpaired) electrons. The van der Waals surface area contributed by atoms with Gasteiger partial charge in [-0.05, 0) is 18.4 Å². The van der Waals surface area contributed by atoms with Gasteiger partial charge in [0.1, 0.15) is 6.33 Å². The van der Waals surface area contributed by atoms with Gasteiger partial charge in [0.25, 0.3) is 0 Å². The van der Waals surface area contributed by atoms with Crippen molar-refractivity contribution in [3.63, 3.8) is 0 Å². The molecule has 0 unspecified atom stereocenters. The third kappa shape index (κ3) is 2.88. The minimum Gasteiger partial charge on any atom is -0.493 e. The molecule has 0 spiro atoms. The Morgan fingerprint density at radius 3 is 2.78 bits per heavy atom. The molecule has 0 atom stereocenters. The molecule has 1 heterocycles. The fourth-order valence-electron chi connectivity index (χ4n) is 1.67. The van der Waals surface area contributed by atoms with Crippen molar-refractivity contribution in [2.75, 3.05) is 13.7 Å². The van der Waals surface area contributed by atoms with Gasteiger partial charge in [-0.3, -0.25) is 0 Å². The number of benzene rings is 1. The second kappa shape index (κ2) is 5.67. The molecule has 4 nitrogen and oxygen atoms in total. The monoisotopic (exact) mass is 246 g/mol. The maximum atomic E-state index is 5.76. The van der Waals surface area contributed by atoms with Crippen LogP contribution in [0.5, 0.6) is 11.5 Å². The zero-order valence-corrected chi connectivity index (χ0v) is 11.0. The molecule has 0 aliphatic carbocycles. The summed E-state index contributed by atoms with van der Waals surface area (Å²) in [6, 6.07) is 3.80. The average molecular weight is 246 g/mol. The Kier molecular flexibility index (Phi) is 3.97. The normalized spacial score (nSPS) is 10.9. The van der Waals surface area contributed by atoms with Gasteiger partial charge in [0, 0.05) is 17.6 Å². The first kappa shape index (κ1) is 12.6. The van der Waals surface area contributed by atoms with Crippen molar-refractivity contribution in [1.29, 1.82) is 0 Å². The number of fused-ring (bicyclic) bond motifs is 1. The highest BCUT2D eigenvalue weighted by atomic mass is 16.5. The molecular weight excluding hydrogens is 228 g/mol. The van der Waals surface area contributed by atoms with Crippen molar-refractivity contribution in [3.8, 4) is 11.5 Å². The van der Waals surface area contributed by atoms with Crippen molar-refractivity contribution in [1.82, 2.24) is 9.97 Å². The summed E-state index contributed by atoms with van der Waals surface area (Å²) in [5.41, 5.74) is 0.866. The van der Waals surface area contributed by atoms with E-state index in [1.165, 1.54) is 6.33 Å². The topological polar surface area (TPSA) is 44.2 Å². The summed E-state index contributed by atoms with van der Waals surface area (Å²) in [5.74, 6) is 2.09. The Morgan fingerprint density at radius 2 is 2.06 bits per heavy atom. The largest absolute Gasteiger partial charge is 0.493 e. The summed E-state index contributed by atoms with van der Waals surface area (Å²) in [6.45, 7) is 5.03. The molecule has 0 aliphatic heterocycles. The zero-order valence-electron chi connectivity index (χ0n) is 11.0. The first-order valence-electron chi connectivity index (χ1n) is 6.11. The van der Waals surface area contributed by atoms with E-state index >= 15 is 0 Å². The highest BCUT2D eigenvalue weighted by molar-refractivity contribution is 5.81. The summed E-state index contributed by atoms with van der Waals surface area (Å²) in [5, 5.41) is 0.950. The van der Waals surface area contributed by atoms with Crippen LogP contribution in [0.15, 0.2) is 24.7 Å². The number of rotatable bonds is 5. The Hall–Kier alpha value is -1.84. The molecular formula is C14H18N2O2. The van der Waals surface area contributed by atoms with Crippen LogP contribution >= 0.6 is 0 Å². The Morgan fingerprint density at radius 1 is 1.22 bits per heavy atom. The van der Waals surface area contributed by atoms with Crippen LogP contribution in [0.4, 0.5) is 0 Å². The predicted octanol–water partition coefficient (Wildman–Crippen LogP) is 3.06. The van der Waals surface area contributed by atoms with Gasteiger partial charge in [-0.15, -0.1) is 0 Å². The molecule has 0 bridgehead atoms. The van der Waals surface area contributed by atoms with Crippen LogP contribution in [0.2, 0.25) is 0 Å². The molecule has 96 valence electrons. The third-order valence-corrected chi connectivity index (χ3v) is 2.74. The molecule has 0 fully saturated rings. The van der Waals surface area contributed by atoms with Crippen molar-refractivity contribution < 1.29 is 9.47 Å². The van der Waals surface area contributed by atoms with E-state index in [1.54, 1.807) is 13.3 Å². The number of hydrogen-bond acceptors (Lipinski definition) is 4. The quantitative estimate of drug-likeness (QED) is 0.813. The maximum Gasteiger partial charge on any atom is 0.163 e. The SMILES string of the molecule is COc1cc2cncnc2cc1OCCC(C)C.